The molecule has 10 nitrogen and oxygen atoms in total. The molecule has 0 saturated carbocycles. The van der Waals surface area contributed by atoms with Gasteiger partial charge in [0.05, 0.1) is 17.1 Å². The van der Waals surface area contributed by atoms with Gasteiger partial charge in [-0.15, -0.1) is 5.10 Å². The molecular weight excluding hydrogens is 449 g/mol. The van der Waals surface area contributed by atoms with E-state index >= 15 is 0 Å². The molecule has 0 N–H and O–H groups in total. The van der Waals surface area contributed by atoms with Crippen LogP contribution in [0.1, 0.15) is 16.2 Å². The molecule has 1 aliphatic rings. The van der Waals surface area contributed by atoms with Gasteiger partial charge < -0.3 is 4.90 Å². The first kappa shape index (κ1) is 23.0. The van der Waals surface area contributed by atoms with Gasteiger partial charge in [-0.25, -0.2) is 17.1 Å². The molecule has 4 rings (SSSR count). The second-order valence-electron chi connectivity index (χ2n) is 7.87. The number of carbonyl (C=O) groups is 1. The molecule has 1 saturated heterocycles. The average Bonchev–Trinajstić information content (AvgIpc) is 3.27. The van der Waals surface area contributed by atoms with Gasteiger partial charge in [0.1, 0.15) is 5.82 Å². The molecule has 1 aromatic heterocycles. The Balaban J connectivity index is 1.37. The fourth-order valence-electron chi connectivity index (χ4n) is 3.58. The van der Waals surface area contributed by atoms with Gasteiger partial charge in [0, 0.05) is 45.8 Å². The minimum atomic E-state index is -3.54. The lowest BCUT2D eigenvalue weighted by molar-refractivity contribution is 0.0624. The number of rotatable bonds is 6. The van der Waals surface area contributed by atoms with Crippen molar-refractivity contribution in [2.24, 2.45) is 0 Å². The predicted octanol–water partition coefficient (Wildman–Crippen LogP) is 1.01. The molecule has 0 bridgehead atoms. The highest BCUT2D eigenvalue weighted by molar-refractivity contribution is 7.89. The van der Waals surface area contributed by atoms with Gasteiger partial charge >= 0.3 is 0 Å². The number of carbonyl (C=O) groups excluding carboxylic acids is 1. The zero-order valence-electron chi connectivity index (χ0n) is 18.3. The topological polar surface area (TPSA) is 105 Å². The van der Waals surface area contributed by atoms with Crippen molar-refractivity contribution >= 4 is 15.9 Å². The first-order valence-electron chi connectivity index (χ1n) is 10.3. The zero-order chi connectivity index (χ0) is 23.6. The Hall–Kier alpha value is -3.22. The van der Waals surface area contributed by atoms with Crippen LogP contribution in [0.4, 0.5) is 4.39 Å². The molecule has 0 spiro atoms. The van der Waals surface area contributed by atoms with Gasteiger partial charge in [0.15, 0.2) is 5.82 Å². The van der Waals surface area contributed by atoms with Crippen LogP contribution >= 0.6 is 0 Å². The summed E-state index contributed by atoms with van der Waals surface area (Å²) >= 11 is 0. The van der Waals surface area contributed by atoms with Crippen molar-refractivity contribution in [3.8, 4) is 5.69 Å². The zero-order valence-corrected chi connectivity index (χ0v) is 19.1. The van der Waals surface area contributed by atoms with E-state index in [1.807, 2.05) is 0 Å². The quantitative estimate of drug-likeness (QED) is 0.526. The number of benzene rings is 2. The molecule has 2 aromatic carbocycles. The molecule has 1 amide bonds. The van der Waals surface area contributed by atoms with Crippen LogP contribution < -0.4 is 0 Å². The number of aromatic nitrogens is 4. The van der Waals surface area contributed by atoms with Crippen LogP contribution in [-0.4, -0.2) is 88.9 Å². The van der Waals surface area contributed by atoms with E-state index < -0.39 is 10.0 Å². The van der Waals surface area contributed by atoms with Crippen LogP contribution in [0.3, 0.4) is 0 Å². The van der Waals surface area contributed by atoms with E-state index in [0.717, 1.165) is 4.31 Å². The van der Waals surface area contributed by atoms with E-state index in [1.54, 1.807) is 17.0 Å². The normalized spacial score (nSPS) is 15.2. The lowest BCUT2D eigenvalue weighted by Crippen LogP contribution is -2.48. The standard InChI is InChI=1S/C21H24FN7O3S/c1-26(2)33(31,32)19-8-6-16(7-9-19)21(30)28-12-10-27(11-13-28)15-20-23-24-25-29(20)18-5-3-4-17(22)14-18/h3-9,14H,10-13,15H2,1-2H3. The number of piperazine rings is 1. The second kappa shape index (κ2) is 9.33. The Labute approximate surface area is 191 Å². The first-order valence-corrected chi connectivity index (χ1v) is 11.8. The molecule has 0 atom stereocenters. The Morgan fingerprint density at radius 2 is 1.76 bits per heavy atom. The van der Waals surface area contributed by atoms with Gasteiger partial charge in [-0.1, -0.05) is 6.07 Å². The van der Waals surface area contributed by atoms with Gasteiger partial charge in [-0.3, -0.25) is 9.69 Å². The van der Waals surface area contributed by atoms with E-state index in [2.05, 4.69) is 20.4 Å². The lowest BCUT2D eigenvalue weighted by Gasteiger charge is -2.34. The number of nitrogens with zero attached hydrogens (tertiary/aromatic N) is 7. The van der Waals surface area contributed by atoms with Crippen molar-refractivity contribution in [2.75, 3.05) is 40.3 Å². The molecule has 33 heavy (non-hydrogen) atoms. The number of amides is 1. The maximum absolute atomic E-state index is 13.6. The SMILES string of the molecule is CN(C)S(=O)(=O)c1ccc(C(=O)N2CCN(Cc3nnnn3-c3cccc(F)c3)CC2)cc1. The summed E-state index contributed by atoms with van der Waals surface area (Å²) in [6.45, 7) is 2.72. The van der Waals surface area contributed by atoms with Crippen molar-refractivity contribution in [1.29, 1.82) is 0 Å². The minimum Gasteiger partial charge on any atom is -0.336 e. The molecule has 1 fully saturated rings. The predicted molar refractivity (Wildman–Crippen MR) is 118 cm³/mol. The fraction of sp³-hybridized carbons (Fsp3) is 0.333. The van der Waals surface area contributed by atoms with Crippen molar-refractivity contribution in [1.82, 2.24) is 34.3 Å². The van der Waals surface area contributed by atoms with E-state index in [-0.39, 0.29) is 16.6 Å². The molecule has 2 heterocycles. The summed E-state index contributed by atoms with van der Waals surface area (Å²) in [5.74, 6) is 0.0690. The van der Waals surface area contributed by atoms with Gasteiger partial charge in [-0.05, 0) is 52.9 Å². The Morgan fingerprint density at radius 1 is 1.06 bits per heavy atom. The summed E-state index contributed by atoms with van der Waals surface area (Å²) in [5.41, 5.74) is 0.986. The Bertz CT molecular complexity index is 1240. The van der Waals surface area contributed by atoms with Crippen LogP contribution in [0.15, 0.2) is 53.4 Å². The third kappa shape index (κ3) is 4.92. The van der Waals surface area contributed by atoms with Crippen LogP contribution in [0.2, 0.25) is 0 Å². The molecule has 174 valence electrons. The third-order valence-electron chi connectivity index (χ3n) is 5.49. The van der Waals surface area contributed by atoms with Gasteiger partial charge in [0.2, 0.25) is 10.0 Å². The molecule has 3 aromatic rings. The number of tetrazole rings is 1. The largest absolute Gasteiger partial charge is 0.336 e. The first-order chi connectivity index (χ1) is 15.8. The molecular formula is C21H24FN7O3S. The Morgan fingerprint density at radius 3 is 2.39 bits per heavy atom. The van der Waals surface area contributed by atoms with Crippen molar-refractivity contribution in [2.45, 2.75) is 11.4 Å². The molecule has 12 heteroatoms. The third-order valence-corrected chi connectivity index (χ3v) is 7.32. The average molecular weight is 474 g/mol. The monoisotopic (exact) mass is 473 g/mol. The lowest BCUT2D eigenvalue weighted by atomic mass is 10.2. The fourth-order valence-corrected chi connectivity index (χ4v) is 4.49. The maximum Gasteiger partial charge on any atom is 0.253 e. The Kier molecular flexibility index (Phi) is 6.49. The maximum atomic E-state index is 13.6. The van der Waals surface area contributed by atoms with Crippen molar-refractivity contribution in [3.05, 3.63) is 65.7 Å². The van der Waals surface area contributed by atoms with Crippen molar-refractivity contribution in [3.63, 3.8) is 0 Å². The summed E-state index contributed by atoms with van der Waals surface area (Å²) in [6, 6.07) is 12.0. The van der Waals surface area contributed by atoms with Gasteiger partial charge in [-0.2, -0.15) is 4.68 Å². The number of hydrogen-bond donors (Lipinski definition) is 0. The summed E-state index contributed by atoms with van der Waals surface area (Å²) in [7, 11) is -0.614. The second-order valence-corrected chi connectivity index (χ2v) is 10.0. The minimum absolute atomic E-state index is 0.143. The molecule has 0 aliphatic carbocycles. The smallest absolute Gasteiger partial charge is 0.253 e. The number of hydrogen-bond acceptors (Lipinski definition) is 7. The van der Waals surface area contributed by atoms with E-state index in [4.69, 9.17) is 0 Å². The number of sulfonamides is 1. The molecule has 1 aliphatic heterocycles. The van der Waals surface area contributed by atoms with E-state index in [0.29, 0.717) is 49.8 Å². The highest BCUT2D eigenvalue weighted by Crippen LogP contribution is 2.17. The summed E-state index contributed by atoms with van der Waals surface area (Å²) < 4.78 is 40.6. The van der Waals surface area contributed by atoms with Crippen LogP contribution in [0, 0.1) is 5.82 Å². The summed E-state index contributed by atoms with van der Waals surface area (Å²) in [4.78, 5) is 16.9. The highest BCUT2D eigenvalue weighted by atomic mass is 32.2. The number of halogens is 1. The van der Waals surface area contributed by atoms with Crippen LogP contribution in [0.5, 0.6) is 0 Å². The molecule has 0 radical (unpaired) electrons. The highest BCUT2D eigenvalue weighted by Gasteiger charge is 2.24. The van der Waals surface area contributed by atoms with Crippen LogP contribution in [0.25, 0.3) is 5.69 Å². The summed E-state index contributed by atoms with van der Waals surface area (Å²) in [5, 5.41) is 11.7. The summed E-state index contributed by atoms with van der Waals surface area (Å²) in [6.07, 6.45) is 0. The van der Waals surface area contributed by atoms with E-state index in [9.17, 15) is 17.6 Å². The van der Waals surface area contributed by atoms with E-state index in [1.165, 1.54) is 55.2 Å². The van der Waals surface area contributed by atoms with Crippen molar-refractivity contribution < 1.29 is 17.6 Å². The van der Waals surface area contributed by atoms with Crippen LogP contribution in [-0.2, 0) is 16.6 Å². The van der Waals surface area contributed by atoms with Gasteiger partial charge in [0.25, 0.3) is 5.91 Å². The molecule has 0 unspecified atom stereocenters.